The van der Waals surface area contributed by atoms with Gasteiger partial charge in [0.1, 0.15) is 0 Å². The van der Waals surface area contributed by atoms with Crippen molar-refractivity contribution in [1.82, 2.24) is 5.43 Å². The molecule has 3 aromatic rings. The molecule has 0 fully saturated rings. The number of methoxy groups -OCH3 is 1. The molecule has 0 aliphatic rings. The SMILES string of the molecule is CCc1ccccc1NC(=O)C(=O)N/N=C\c1cc(Cl)c(OCC(=O)Nc2cccc(C(F)(F)F)c2)c(OC)c1. The zero-order chi connectivity index (χ0) is 29.3. The molecule has 0 atom stereocenters. The summed E-state index contributed by atoms with van der Waals surface area (Å²) < 4.78 is 49.3. The number of amides is 3. The molecule has 0 saturated carbocycles. The molecule has 0 aliphatic heterocycles. The van der Waals surface area contributed by atoms with E-state index in [1.807, 2.05) is 19.1 Å². The molecular weight excluding hydrogens is 553 g/mol. The quantitative estimate of drug-likeness (QED) is 0.187. The minimum atomic E-state index is -4.56. The molecule has 0 radical (unpaired) electrons. The Hall–Kier alpha value is -4.58. The maximum absolute atomic E-state index is 12.9. The topological polar surface area (TPSA) is 118 Å². The number of alkyl halides is 3. The summed E-state index contributed by atoms with van der Waals surface area (Å²) in [5.74, 6) is -2.52. The molecule has 0 aromatic heterocycles. The van der Waals surface area contributed by atoms with Gasteiger partial charge in [-0.15, -0.1) is 0 Å². The minimum absolute atomic E-state index is 0.00138. The summed E-state index contributed by atoms with van der Waals surface area (Å²) in [4.78, 5) is 36.6. The maximum Gasteiger partial charge on any atom is 0.416 e. The average Bonchev–Trinajstić information content (AvgIpc) is 2.92. The summed E-state index contributed by atoms with van der Waals surface area (Å²) >= 11 is 6.26. The van der Waals surface area contributed by atoms with E-state index in [2.05, 4.69) is 21.2 Å². The number of carbonyl (C=O) groups is 3. The molecule has 9 nitrogen and oxygen atoms in total. The molecule has 0 spiro atoms. The van der Waals surface area contributed by atoms with Gasteiger partial charge in [0.05, 0.1) is 23.9 Å². The van der Waals surface area contributed by atoms with E-state index in [9.17, 15) is 27.6 Å². The first kappa shape index (κ1) is 30.0. The van der Waals surface area contributed by atoms with Gasteiger partial charge >= 0.3 is 18.0 Å². The van der Waals surface area contributed by atoms with Crippen molar-refractivity contribution < 1.29 is 37.0 Å². The van der Waals surface area contributed by atoms with Crippen LogP contribution in [-0.2, 0) is 27.0 Å². The van der Waals surface area contributed by atoms with Crippen LogP contribution in [0.5, 0.6) is 11.5 Å². The monoisotopic (exact) mass is 576 g/mol. The standard InChI is InChI=1S/C27H24ClF3N4O5/c1-3-17-7-4-5-10-21(17)34-25(37)26(38)35-32-14-16-11-20(28)24(22(12-16)39-2)40-15-23(36)33-19-9-6-8-18(13-19)27(29,30)31/h4-14H,3,15H2,1-2H3,(H,33,36)(H,34,37)(H,35,38)/b32-14-. The van der Waals surface area contributed by atoms with Gasteiger partial charge in [-0.05, 0) is 53.9 Å². The molecule has 3 aromatic carbocycles. The highest BCUT2D eigenvalue weighted by molar-refractivity contribution is 6.39. The van der Waals surface area contributed by atoms with Crippen molar-refractivity contribution in [1.29, 1.82) is 0 Å². The second kappa shape index (κ2) is 13.5. The molecule has 210 valence electrons. The molecule has 0 unspecified atom stereocenters. The van der Waals surface area contributed by atoms with Crippen molar-refractivity contribution in [3.63, 3.8) is 0 Å². The number of rotatable bonds is 9. The highest BCUT2D eigenvalue weighted by atomic mass is 35.5. The fourth-order valence-corrected chi connectivity index (χ4v) is 3.68. The zero-order valence-electron chi connectivity index (χ0n) is 21.3. The van der Waals surface area contributed by atoms with Crippen LogP contribution in [0.15, 0.2) is 65.8 Å². The number of hydrazone groups is 1. The number of halogens is 4. The number of aryl methyl sites for hydroxylation is 1. The number of nitrogens with zero attached hydrogens (tertiary/aromatic N) is 1. The van der Waals surface area contributed by atoms with Crippen LogP contribution in [0.3, 0.4) is 0 Å². The Morgan fingerprint density at radius 1 is 1.00 bits per heavy atom. The first-order valence-corrected chi connectivity index (χ1v) is 12.1. The van der Waals surface area contributed by atoms with Gasteiger partial charge in [0.15, 0.2) is 18.1 Å². The number of anilines is 2. The Labute approximate surface area is 232 Å². The fraction of sp³-hybridized carbons (Fsp3) is 0.185. The number of hydrogen-bond acceptors (Lipinski definition) is 6. The van der Waals surface area contributed by atoms with Crippen molar-refractivity contribution in [3.05, 3.63) is 82.4 Å². The Morgan fingerprint density at radius 2 is 1.75 bits per heavy atom. The van der Waals surface area contributed by atoms with Crippen molar-refractivity contribution >= 4 is 46.9 Å². The van der Waals surface area contributed by atoms with E-state index >= 15 is 0 Å². The first-order chi connectivity index (χ1) is 19.0. The van der Waals surface area contributed by atoms with Crippen molar-refractivity contribution in [2.45, 2.75) is 19.5 Å². The van der Waals surface area contributed by atoms with E-state index in [-0.39, 0.29) is 22.2 Å². The molecule has 0 heterocycles. The van der Waals surface area contributed by atoms with Crippen molar-refractivity contribution in [3.8, 4) is 11.5 Å². The highest BCUT2D eigenvalue weighted by Gasteiger charge is 2.30. The Morgan fingerprint density at radius 3 is 2.45 bits per heavy atom. The molecule has 3 amide bonds. The predicted octanol–water partition coefficient (Wildman–Crippen LogP) is 5.04. The van der Waals surface area contributed by atoms with E-state index in [1.165, 1.54) is 37.6 Å². The summed E-state index contributed by atoms with van der Waals surface area (Å²) in [6, 6.07) is 14.1. The molecular formula is C27H24ClF3N4O5. The van der Waals surface area contributed by atoms with E-state index in [0.29, 0.717) is 17.7 Å². The lowest BCUT2D eigenvalue weighted by Crippen LogP contribution is -2.32. The lowest BCUT2D eigenvalue weighted by molar-refractivity contribution is -0.137. The average molecular weight is 577 g/mol. The molecule has 3 N–H and O–H groups in total. The summed E-state index contributed by atoms with van der Waals surface area (Å²) in [6.07, 6.45) is -2.68. The normalized spacial score (nSPS) is 11.2. The fourth-order valence-electron chi connectivity index (χ4n) is 3.41. The Balaban J connectivity index is 1.59. The van der Waals surface area contributed by atoms with Gasteiger partial charge in [-0.1, -0.05) is 42.8 Å². The molecule has 0 saturated heterocycles. The maximum atomic E-state index is 12.9. The smallest absolute Gasteiger partial charge is 0.416 e. The van der Waals surface area contributed by atoms with Gasteiger partial charge in [-0.25, -0.2) is 5.43 Å². The third-order valence-electron chi connectivity index (χ3n) is 5.31. The van der Waals surface area contributed by atoms with Gasteiger partial charge in [0.2, 0.25) is 0 Å². The van der Waals surface area contributed by atoms with Crippen LogP contribution in [0.1, 0.15) is 23.6 Å². The number of benzene rings is 3. The Bertz CT molecular complexity index is 1430. The van der Waals surface area contributed by atoms with E-state index in [4.69, 9.17) is 21.1 Å². The molecule has 0 aliphatic carbocycles. The van der Waals surface area contributed by atoms with E-state index in [0.717, 1.165) is 17.7 Å². The van der Waals surface area contributed by atoms with Crippen LogP contribution in [-0.4, -0.2) is 37.7 Å². The van der Waals surface area contributed by atoms with Gasteiger partial charge in [0.25, 0.3) is 5.91 Å². The third-order valence-corrected chi connectivity index (χ3v) is 5.59. The highest BCUT2D eigenvalue weighted by Crippen LogP contribution is 2.36. The van der Waals surface area contributed by atoms with Crippen molar-refractivity contribution in [2.24, 2.45) is 5.10 Å². The molecule has 40 heavy (non-hydrogen) atoms. The summed E-state index contributed by atoms with van der Waals surface area (Å²) in [5.41, 5.74) is 2.89. The van der Waals surface area contributed by atoms with Crippen LogP contribution in [0.2, 0.25) is 5.02 Å². The molecule has 0 bridgehead atoms. The number of nitrogens with one attached hydrogen (secondary N) is 3. The number of hydrogen-bond donors (Lipinski definition) is 3. The summed E-state index contributed by atoms with van der Waals surface area (Å²) in [5, 5.41) is 8.62. The van der Waals surface area contributed by atoms with Crippen LogP contribution in [0.25, 0.3) is 0 Å². The predicted molar refractivity (Wildman–Crippen MR) is 144 cm³/mol. The number of carbonyl (C=O) groups excluding carboxylic acids is 3. The van der Waals surface area contributed by atoms with Crippen LogP contribution in [0.4, 0.5) is 24.5 Å². The first-order valence-electron chi connectivity index (χ1n) is 11.7. The van der Waals surface area contributed by atoms with Crippen molar-refractivity contribution in [2.75, 3.05) is 24.4 Å². The van der Waals surface area contributed by atoms with E-state index in [1.54, 1.807) is 12.1 Å². The van der Waals surface area contributed by atoms with Gasteiger partial charge in [-0.2, -0.15) is 18.3 Å². The lowest BCUT2D eigenvalue weighted by Gasteiger charge is -2.14. The van der Waals surface area contributed by atoms with Crippen LogP contribution < -0.4 is 25.5 Å². The molecule has 13 heteroatoms. The zero-order valence-corrected chi connectivity index (χ0v) is 22.0. The van der Waals surface area contributed by atoms with Gasteiger partial charge < -0.3 is 20.1 Å². The minimum Gasteiger partial charge on any atom is -0.493 e. The summed E-state index contributed by atoms with van der Waals surface area (Å²) in [6.45, 7) is 1.34. The lowest BCUT2D eigenvalue weighted by atomic mass is 10.1. The van der Waals surface area contributed by atoms with Gasteiger partial charge in [-0.3, -0.25) is 14.4 Å². The largest absolute Gasteiger partial charge is 0.493 e. The number of ether oxygens (including phenoxy) is 2. The summed E-state index contributed by atoms with van der Waals surface area (Å²) in [7, 11) is 1.32. The number of para-hydroxylation sites is 1. The third kappa shape index (κ3) is 8.21. The second-order valence-corrected chi connectivity index (χ2v) is 8.52. The van der Waals surface area contributed by atoms with E-state index < -0.39 is 36.1 Å². The van der Waals surface area contributed by atoms with Gasteiger partial charge in [0, 0.05) is 11.4 Å². The molecule has 3 rings (SSSR count). The second-order valence-electron chi connectivity index (χ2n) is 8.11. The van der Waals surface area contributed by atoms with Crippen LogP contribution in [0, 0.1) is 0 Å². The Kier molecular flexibility index (Phi) is 10.1. The van der Waals surface area contributed by atoms with Crippen LogP contribution >= 0.6 is 11.6 Å².